The summed E-state index contributed by atoms with van der Waals surface area (Å²) < 4.78 is 6.50. The molecule has 1 aromatic carbocycles. The average Bonchev–Trinajstić information content (AvgIpc) is 2.74. The van der Waals surface area contributed by atoms with Crippen LogP contribution in [0, 0.1) is 5.92 Å². The molecule has 1 fully saturated rings. The SMILES string of the molecule is CC(C)C(=O)N1CCC2(CC1)CC(CC(=O)Nc1cccnc1)c1ccccc1O2. The summed E-state index contributed by atoms with van der Waals surface area (Å²) in [6, 6.07) is 11.7. The van der Waals surface area contributed by atoms with Crippen LogP contribution in [0.5, 0.6) is 5.75 Å². The molecule has 3 heterocycles. The maximum absolute atomic E-state index is 12.7. The predicted octanol–water partition coefficient (Wildman–Crippen LogP) is 3.99. The molecule has 6 nitrogen and oxygen atoms in total. The minimum Gasteiger partial charge on any atom is -0.487 e. The highest BCUT2D eigenvalue weighted by Gasteiger charge is 2.44. The van der Waals surface area contributed by atoms with Gasteiger partial charge in [0.25, 0.3) is 0 Å². The Labute approximate surface area is 177 Å². The molecule has 2 aliphatic rings. The third-order valence-corrected chi connectivity index (χ3v) is 6.16. The number of hydrogen-bond acceptors (Lipinski definition) is 4. The van der Waals surface area contributed by atoms with E-state index in [9.17, 15) is 9.59 Å². The van der Waals surface area contributed by atoms with E-state index in [1.165, 1.54) is 0 Å². The van der Waals surface area contributed by atoms with Gasteiger partial charge in [-0.15, -0.1) is 0 Å². The summed E-state index contributed by atoms with van der Waals surface area (Å²) in [5, 5.41) is 2.95. The monoisotopic (exact) mass is 407 g/mol. The number of pyridine rings is 1. The molecule has 0 bridgehead atoms. The van der Waals surface area contributed by atoms with Crippen LogP contribution in [0.4, 0.5) is 5.69 Å². The molecule has 1 unspecified atom stereocenters. The smallest absolute Gasteiger partial charge is 0.225 e. The van der Waals surface area contributed by atoms with Gasteiger partial charge in [-0.05, 0) is 30.2 Å². The van der Waals surface area contributed by atoms with Crippen molar-refractivity contribution >= 4 is 17.5 Å². The van der Waals surface area contributed by atoms with E-state index >= 15 is 0 Å². The van der Waals surface area contributed by atoms with E-state index in [1.807, 2.05) is 43.0 Å². The molecule has 158 valence electrons. The molecule has 2 aliphatic heterocycles. The lowest BCUT2D eigenvalue weighted by Gasteiger charge is -2.47. The predicted molar refractivity (Wildman–Crippen MR) is 115 cm³/mol. The van der Waals surface area contributed by atoms with E-state index in [4.69, 9.17) is 4.74 Å². The van der Waals surface area contributed by atoms with Crippen molar-refractivity contribution in [1.29, 1.82) is 0 Å². The Morgan fingerprint density at radius 2 is 1.97 bits per heavy atom. The lowest BCUT2D eigenvalue weighted by atomic mass is 9.76. The summed E-state index contributed by atoms with van der Waals surface area (Å²) in [7, 11) is 0. The van der Waals surface area contributed by atoms with Gasteiger partial charge in [0, 0.05) is 50.4 Å². The maximum atomic E-state index is 12.7. The Balaban J connectivity index is 1.49. The van der Waals surface area contributed by atoms with Gasteiger partial charge in [0.1, 0.15) is 11.4 Å². The number of nitrogens with one attached hydrogen (secondary N) is 1. The van der Waals surface area contributed by atoms with Gasteiger partial charge < -0.3 is 15.0 Å². The first kappa shape index (κ1) is 20.4. The number of likely N-dealkylation sites (tertiary alicyclic amines) is 1. The van der Waals surface area contributed by atoms with Crippen LogP contribution in [0.3, 0.4) is 0 Å². The Morgan fingerprint density at radius 3 is 2.67 bits per heavy atom. The number of anilines is 1. The van der Waals surface area contributed by atoms with Crippen molar-refractivity contribution in [1.82, 2.24) is 9.88 Å². The highest BCUT2D eigenvalue weighted by Crippen LogP contribution is 2.46. The second-order valence-corrected chi connectivity index (χ2v) is 8.70. The number of hydrogen-bond donors (Lipinski definition) is 1. The summed E-state index contributed by atoms with van der Waals surface area (Å²) in [5.41, 5.74) is 1.48. The topological polar surface area (TPSA) is 71.5 Å². The highest BCUT2D eigenvalue weighted by molar-refractivity contribution is 5.91. The molecule has 30 heavy (non-hydrogen) atoms. The van der Waals surface area contributed by atoms with E-state index < -0.39 is 0 Å². The summed E-state index contributed by atoms with van der Waals surface area (Å²) in [4.78, 5) is 31.1. The lowest BCUT2D eigenvalue weighted by Crippen LogP contribution is -2.52. The molecular formula is C24H29N3O3. The number of rotatable bonds is 4. The molecule has 0 saturated carbocycles. The molecule has 0 aliphatic carbocycles. The average molecular weight is 408 g/mol. The molecule has 1 spiro atoms. The van der Waals surface area contributed by atoms with Crippen LogP contribution < -0.4 is 10.1 Å². The number of piperidine rings is 1. The lowest BCUT2D eigenvalue weighted by molar-refractivity contribution is -0.138. The van der Waals surface area contributed by atoms with Gasteiger partial charge in [-0.25, -0.2) is 0 Å². The number of amides is 2. The van der Waals surface area contributed by atoms with Crippen molar-refractivity contribution in [3.05, 3.63) is 54.4 Å². The fourth-order valence-corrected chi connectivity index (χ4v) is 4.61. The first-order chi connectivity index (χ1) is 14.5. The van der Waals surface area contributed by atoms with E-state index in [1.54, 1.807) is 18.5 Å². The zero-order valence-electron chi connectivity index (χ0n) is 17.6. The zero-order valence-corrected chi connectivity index (χ0v) is 17.6. The van der Waals surface area contributed by atoms with Gasteiger partial charge in [-0.2, -0.15) is 0 Å². The minimum absolute atomic E-state index is 0.0102. The highest BCUT2D eigenvalue weighted by atomic mass is 16.5. The molecule has 0 radical (unpaired) electrons. The van der Waals surface area contributed by atoms with Gasteiger partial charge in [0.05, 0.1) is 11.9 Å². The largest absolute Gasteiger partial charge is 0.487 e. The second kappa shape index (κ2) is 8.46. The molecule has 1 saturated heterocycles. The van der Waals surface area contributed by atoms with E-state index in [0.29, 0.717) is 25.2 Å². The number of para-hydroxylation sites is 1. The first-order valence-electron chi connectivity index (χ1n) is 10.7. The first-order valence-corrected chi connectivity index (χ1v) is 10.7. The third-order valence-electron chi connectivity index (χ3n) is 6.16. The normalized spacial score (nSPS) is 19.8. The van der Waals surface area contributed by atoms with Crippen LogP contribution in [-0.2, 0) is 9.59 Å². The molecule has 6 heteroatoms. The minimum atomic E-state index is -0.318. The van der Waals surface area contributed by atoms with Crippen molar-refractivity contribution in [3.8, 4) is 5.75 Å². The van der Waals surface area contributed by atoms with Crippen LogP contribution >= 0.6 is 0 Å². The third kappa shape index (κ3) is 4.32. The zero-order chi connectivity index (χ0) is 21.1. The summed E-state index contributed by atoms with van der Waals surface area (Å²) in [6.07, 6.45) is 6.10. The van der Waals surface area contributed by atoms with Crippen molar-refractivity contribution < 1.29 is 14.3 Å². The Hall–Kier alpha value is -2.89. The van der Waals surface area contributed by atoms with Crippen LogP contribution in [0.25, 0.3) is 0 Å². The number of benzene rings is 1. The van der Waals surface area contributed by atoms with Crippen LogP contribution in [0.2, 0.25) is 0 Å². The van der Waals surface area contributed by atoms with Crippen LogP contribution in [-0.4, -0.2) is 40.4 Å². The van der Waals surface area contributed by atoms with Crippen LogP contribution in [0.15, 0.2) is 48.8 Å². The van der Waals surface area contributed by atoms with Crippen molar-refractivity contribution in [2.75, 3.05) is 18.4 Å². The number of nitrogens with zero attached hydrogens (tertiary/aromatic N) is 2. The van der Waals surface area contributed by atoms with Gasteiger partial charge in [-0.1, -0.05) is 32.0 Å². The van der Waals surface area contributed by atoms with Gasteiger partial charge in [-0.3, -0.25) is 14.6 Å². The van der Waals surface area contributed by atoms with Gasteiger partial charge >= 0.3 is 0 Å². The van der Waals surface area contributed by atoms with Crippen molar-refractivity contribution in [2.45, 2.75) is 51.0 Å². The molecule has 1 aromatic heterocycles. The van der Waals surface area contributed by atoms with Gasteiger partial charge in [0.2, 0.25) is 11.8 Å². The second-order valence-electron chi connectivity index (χ2n) is 8.70. The summed E-state index contributed by atoms with van der Waals surface area (Å²) >= 11 is 0. The summed E-state index contributed by atoms with van der Waals surface area (Å²) in [5.74, 6) is 1.14. The summed E-state index contributed by atoms with van der Waals surface area (Å²) in [6.45, 7) is 5.29. The number of carbonyl (C=O) groups excluding carboxylic acids is 2. The standard InChI is InChI=1S/C24H29N3O3/c1-17(2)23(29)27-12-9-24(10-13-27)15-18(20-7-3-4-8-21(20)30-24)14-22(28)26-19-6-5-11-25-16-19/h3-8,11,16-18H,9-10,12-15H2,1-2H3,(H,26,28). The number of aromatic nitrogens is 1. The molecule has 2 amide bonds. The molecule has 2 aromatic rings. The van der Waals surface area contributed by atoms with Gasteiger partial charge in [0.15, 0.2) is 0 Å². The number of carbonyl (C=O) groups is 2. The van der Waals surface area contributed by atoms with Crippen LogP contribution in [0.1, 0.15) is 51.0 Å². The van der Waals surface area contributed by atoms with E-state index in [-0.39, 0.29) is 29.3 Å². The fourth-order valence-electron chi connectivity index (χ4n) is 4.61. The Bertz CT molecular complexity index is 905. The maximum Gasteiger partial charge on any atom is 0.225 e. The quantitative estimate of drug-likeness (QED) is 0.832. The van der Waals surface area contributed by atoms with Crippen molar-refractivity contribution in [2.24, 2.45) is 5.92 Å². The molecule has 4 rings (SSSR count). The number of ether oxygens (including phenoxy) is 1. The molecular weight excluding hydrogens is 378 g/mol. The fraction of sp³-hybridized carbons (Fsp3) is 0.458. The van der Waals surface area contributed by atoms with E-state index in [0.717, 1.165) is 30.6 Å². The Kier molecular flexibility index (Phi) is 5.75. The molecule has 1 N–H and O–H groups in total. The van der Waals surface area contributed by atoms with Crippen molar-refractivity contribution in [3.63, 3.8) is 0 Å². The Morgan fingerprint density at radius 1 is 1.20 bits per heavy atom. The molecule has 1 atom stereocenters. The van der Waals surface area contributed by atoms with E-state index in [2.05, 4.69) is 16.4 Å². The number of fused-ring (bicyclic) bond motifs is 1.